The number of hydrogen-bond donors (Lipinski definition) is 1. The Labute approximate surface area is 117 Å². The molecule has 19 heavy (non-hydrogen) atoms. The second kappa shape index (κ2) is 6.21. The summed E-state index contributed by atoms with van der Waals surface area (Å²) in [4.78, 5) is 12.8. The highest BCUT2D eigenvalue weighted by molar-refractivity contribution is 6.33. The van der Waals surface area contributed by atoms with Crippen molar-refractivity contribution in [2.75, 3.05) is 24.5 Å². The van der Waals surface area contributed by atoms with Gasteiger partial charge in [0.1, 0.15) is 10.7 Å². The summed E-state index contributed by atoms with van der Waals surface area (Å²) in [6, 6.07) is 5.09. The third-order valence-electron chi connectivity index (χ3n) is 3.68. The summed E-state index contributed by atoms with van der Waals surface area (Å²) >= 11 is 5.94. The van der Waals surface area contributed by atoms with Gasteiger partial charge in [-0.2, -0.15) is 0 Å². The normalized spacial score (nSPS) is 16.6. The molecule has 1 heterocycles. The molecule has 0 amide bonds. The monoisotopic (exact) mass is 283 g/mol. The van der Waals surface area contributed by atoms with Gasteiger partial charge < -0.3 is 10.6 Å². The average Bonchev–Trinajstić information content (AvgIpc) is 2.39. The average molecular weight is 284 g/mol. The number of piperidine rings is 1. The second-order valence-corrected chi connectivity index (χ2v) is 5.28. The molecule has 1 aromatic rings. The van der Waals surface area contributed by atoms with Crippen LogP contribution in [-0.4, -0.2) is 24.6 Å². The number of anilines is 1. The molecule has 104 valence electrons. The summed E-state index contributed by atoms with van der Waals surface area (Å²) in [5, 5.41) is 11.3. The van der Waals surface area contributed by atoms with Crippen molar-refractivity contribution >= 4 is 23.0 Å². The van der Waals surface area contributed by atoms with Gasteiger partial charge in [0.2, 0.25) is 0 Å². The Morgan fingerprint density at radius 2 is 2.11 bits per heavy atom. The van der Waals surface area contributed by atoms with E-state index in [1.807, 2.05) is 0 Å². The molecule has 2 N–H and O–H groups in total. The van der Waals surface area contributed by atoms with Crippen LogP contribution in [0, 0.1) is 16.0 Å². The molecule has 1 saturated heterocycles. The van der Waals surface area contributed by atoms with Crippen LogP contribution >= 0.6 is 11.6 Å². The third-order valence-corrected chi connectivity index (χ3v) is 3.98. The number of benzene rings is 1. The van der Waals surface area contributed by atoms with Gasteiger partial charge >= 0.3 is 5.69 Å². The van der Waals surface area contributed by atoms with Crippen molar-refractivity contribution in [3.63, 3.8) is 0 Å². The van der Waals surface area contributed by atoms with E-state index in [0.717, 1.165) is 32.4 Å². The number of halogens is 1. The van der Waals surface area contributed by atoms with Gasteiger partial charge in [-0.25, -0.2) is 0 Å². The molecule has 1 aliphatic rings. The maximum atomic E-state index is 11.1. The molecule has 0 bridgehead atoms. The topological polar surface area (TPSA) is 72.4 Å². The largest absolute Gasteiger partial charge is 0.366 e. The molecular formula is C13H18ClN3O2. The molecule has 0 aromatic heterocycles. The highest BCUT2D eigenvalue weighted by atomic mass is 35.5. The number of nitro groups is 1. The minimum Gasteiger partial charge on any atom is -0.366 e. The van der Waals surface area contributed by atoms with Gasteiger partial charge in [-0.15, -0.1) is 0 Å². The van der Waals surface area contributed by atoms with Crippen molar-refractivity contribution in [3.05, 3.63) is 33.3 Å². The van der Waals surface area contributed by atoms with Crippen LogP contribution in [0.5, 0.6) is 0 Å². The molecule has 1 aliphatic heterocycles. The van der Waals surface area contributed by atoms with Gasteiger partial charge in [-0.05, 0) is 43.9 Å². The van der Waals surface area contributed by atoms with E-state index < -0.39 is 4.92 Å². The molecule has 6 heteroatoms. The molecule has 1 fully saturated rings. The summed E-state index contributed by atoms with van der Waals surface area (Å²) < 4.78 is 0. The lowest BCUT2D eigenvalue weighted by Crippen LogP contribution is -2.34. The zero-order valence-electron chi connectivity index (χ0n) is 10.7. The van der Waals surface area contributed by atoms with Crippen LogP contribution in [-0.2, 0) is 0 Å². The van der Waals surface area contributed by atoms with Crippen molar-refractivity contribution in [3.8, 4) is 0 Å². The number of nitro benzene ring substituents is 1. The molecule has 1 aromatic carbocycles. The number of rotatable bonds is 4. The van der Waals surface area contributed by atoms with E-state index >= 15 is 0 Å². The summed E-state index contributed by atoms with van der Waals surface area (Å²) in [5.41, 5.74) is 6.21. The van der Waals surface area contributed by atoms with Gasteiger partial charge in [-0.3, -0.25) is 10.1 Å². The van der Waals surface area contributed by atoms with E-state index in [1.165, 1.54) is 0 Å². The molecule has 2 rings (SSSR count). The van der Waals surface area contributed by atoms with Gasteiger partial charge in [-0.1, -0.05) is 17.7 Å². The van der Waals surface area contributed by atoms with E-state index in [0.29, 0.717) is 18.2 Å². The smallest absolute Gasteiger partial charge is 0.310 e. The Morgan fingerprint density at radius 3 is 2.68 bits per heavy atom. The first-order valence-electron chi connectivity index (χ1n) is 6.51. The van der Waals surface area contributed by atoms with Crippen molar-refractivity contribution in [1.29, 1.82) is 0 Å². The van der Waals surface area contributed by atoms with Gasteiger partial charge in [0.15, 0.2) is 0 Å². The van der Waals surface area contributed by atoms with E-state index in [9.17, 15) is 10.1 Å². The van der Waals surface area contributed by atoms with Crippen LogP contribution in [0.2, 0.25) is 5.02 Å². The SMILES string of the molecule is NCCC1CCN(c2cccc(Cl)c2[N+](=O)[O-])CC1. The number of nitrogens with zero attached hydrogens (tertiary/aromatic N) is 2. The second-order valence-electron chi connectivity index (χ2n) is 4.87. The predicted molar refractivity (Wildman–Crippen MR) is 76.7 cm³/mol. The molecule has 0 unspecified atom stereocenters. The number of nitrogens with two attached hydrogens (primary N) is 1. The minimum atomic E-state index is -0.399. The Morgan fingerprint density at radius 1 is 1.42 bits per heavy atom. The maximum absolute atomic E-state index is 11.1. The van der Waals surface area contributed by atoms with Crippen molar-refractivity contribution in [2.24, 2.45) is 11.7 Å². The summed E-state index contributed by atoms with van der Waals surface area (Å²) in [5.74, 6) is 0.638. The zero-order chi connectivity index (χ0) is 13.8. The Hall–Kier alpha value is -1.33. The van der Waals surface area contributed by atoms with Crippen LogP contribution in [0.25, 0.3) is 0 Å². The van der Waals surface area contributed by atoms with Gasteiger partial charge in [0.05, 0.1) is 4.92 Å². The summed E-state index contributed by atoms with van der Waals surface area (Å²) in [7, 11) is 0. The molecule has 0 spiro atoms. The number of para-hydroxylation sites is 1. The first-order chi connectivity index (χ1) is 9.13. The maximum Gasteiger partial charge on any atom is 0.310 e. The lowest BCUT2D eigenvalue weighted by molar-refractivity contribution is -0.384. The van der Waals surface area contributed by atoms with Crippen LogP contribution in [0.15, 0.2) is 18.2 Å². The Kier molecular flexibility index (Phi) is 4.61. The van der Waals surface area contributed by atoms with Crippen molar-refractivity contribution in [2.45, 2.75) is 19.3 Å². The van der Waals surface area contributed by atoms with Crippen molar-refractivity contribution < 1.29 is 4.92 Å². The Bertz CT molecular complexity index is 459. The third kappa shape index (κ3) is 3.16. The lowest BCUT2D eigenvalue weighted by Gasteiger charge is -2.33. The zero-order valence-corrected chi connectivity index (χ0v) is 11.5. The molecule has 0 saturated carbocycles. The van der Waals surface area contributed by atoms with E-state index in [2.05, 4.69) is 4.90 Å². The highest BCUT2D eigenvalue weighted by Crippen LogP contribution is 2.36. The molecule has 0 radical (unpaired) electrons. The van der Waals surface area contributed by atoms with Crippen LogP contribution < -0.4 is 10.6 Å². The Balaban J connectivity index is 2.15. The molecule has 5 nitrogen and oxygen atoms in total. The molecule has 0 atom stereocenters. The fraction of sp³-hybridized carbons (Fsp3) is 0.538. The fourth-order valence-corrected chi connectivity index (χ4v) is 2.88. The predicted octanol–water partition coefficient (Wildman–Crippen LogP) is 2.81. The minimum absolute atomic E-state index is 0.0152. The van der Waals surface area contributed by atoms with E-state index in [1.54, 1.807) is 18.2 Å². The molecular weight excluding hydrogens is 266 g/mol. The lowest BCUT2D eigenvalue weighted by atomic mass is 9.93. The van der Waals surface area contributed by atoms with Crippen molar-refractivity contribution in [1.82, 2.24) is 0 Å². The van der Waals surface area contributed by atoms with Crippen LogP contribution in [0.3, 0.4) is 0 Å². The van der Waals surface area contributed by atoms with Gasteiger partial charge in [0, 0.05) is 13.1 Å². The standard InChI is InChI=1S/C13H18ClN3O2/c14-11-2-1-3-12(13(11)17(18)19)16-8-5-10(4-7-15)6-9-16/h1-3,10H,4-9,15H2. The fourth-order valence-electron chi connectivity index (χ4n) is 2.64. The van der Waals surface area contributed by atoms with Crippen LogP contribution in [0.1, 0.15) is 19.3 Å². The van der Waals surface area contributed by atoms with E-state index in [-0.39, 0.29) is 10.7 Å². The van der Waals surface area contributed by atoms with E-state index in [4.69, 9.17) is 17.3 Å². The number of hydrogen-bond acceptors (Lipinski definition) is 4. The molecule has 0 aliphatic carbocycles. The highest BCUT2D eigenvalue weighted by Gasteiger charge is 2.26. The summed E-state index contributed by atoms with van der Waals surface area (Å²) in [6.45, 7) is 2.36. The summed E-state index contributed by atoms with van der Waals surface area (Å²) in [6.07, 6.45) is 3.09. The first kappa shape index (κ1) is 14.1. The van der Waals surface area contributed by atoms with Gasteiger partial charge in [0.25, 0.3) is 0 Å². The quantitative estimate of drug-likeness (QED) is 0.681. The van der Waals surface area contributed by atoms with Crippen LogP contribution in [0.4, 0.5) is 11.4 Å². The first-order valence-corrected chi connectivity index (χ1v) is 6.89.